The zero-order valence-corrected chi connectivity index (χ0v) is 16.2. The summed E-state index contributed by atoms with van der Waals surface area (Å²) in [7, 11) is 0. The van der Waals surface area contributed by atoms with Gasteiger partial charge < -0.3 is 14.3 Å². The molecule has 4 nitrogen and oxygen atoms in total. The molecule has 0 unspecified atom stereocenters. The van der Waals surface area contributed by atoms with Crippen LogP contribution in [0.1, 0.15) is 32.9 Å². The summed E-state index contributed by atoms with van der Waals surface area (Å²) >= 11 is 0. The van der Waals surface area contributed by atoms with E-state index in [-0.39, 0.29) is 5.91 Å². The summed E-state index contributed by atoms with van der Waals surface area (Å²) in [5.41, 5.74) is 5.56. The van der Waals surface area contributed by atoms with Crippen LogP contribution in [0.15, 0.2) is 71.3 Å². The molecule has 0 saturated heterocycles. The second-order valence-electron chi connectivity index (χ2n) is 7.10. The average Bonchev–Trinajstić information content (AvgIpc) is 3.32. The fourth-order valence-electron chi connectivity index (χ4n) is 3.62. The Morgan fingerprint density at radius 3 is 2.61 bits per heavy atom. The second kappa shape index (κ2) is 7.77. The summed E-state index contributed by atoms with van der Waals surface area (Å²) in [6.45, 7) is 5.64. The summed E-state index contributed by atoms with van der Waals surface area (Å²) in [6, 6.07) is 20.2. The van der Waals surface area contributed by atoms with Crippen LogP contribution in [0.5, 0.6) is 0 Å². The minimum Gasteiger partial charge on any atom is -0.469 e. The van der Waals surface area contributed by atoms with Gasteiger partial charge in [0.2, 0.25) is 0 Å². The Morgan fingerprint density at radius 1 is 1.04 bits per heavy atom. The Labute approximate surface area is 164 Å². The molecule has 2 aromatic carbocycles. The highest BCUT2D eigenvalue weighted by Gasteiger charge is 2.14. The van der Waals surface area contributed by atoms with Gasteiger partial charge in [0.05, 0.1) is 6.26 Å². The molecule has 2 aromatic heterocycles. The second-order valence-corrected chi connectivity index (χ2v) is 7.10. The number of benzene rings is 2. The van der Waals surface area contributed by atoms with Crippen LogP contribution in [0.4, 0.5) is 0 Å². The van der Waals surface area contributed by atoms with Crippen LogP contribution in [0, 0.1) is 13.8 Å². The first-order chi connectivity index (χ1) is 13.6. The molecule has 0 radical (unpaired) electrons. The molecule has 0 bridgehead atoms. The molecule has 4 rings (SSSR count). The predicted molar refractivity (Wildman–Crippen MR) is 112 cm³/mol. The number of carbonyl (C=O) groups excluding carboxylic acids is 1. The zero-order chi connectivity index (χ0) is 19.5. The van der Waals surface area contributed by atoms with E-state index in [1.807, 2.05) is 30.3 Å². The lowest BCUT2D eigenvalue weighted by Crippen LogP contribution is -2.25. The van der Waals surface area contributed by atoms with Crippen LogP contribution in [0.3, 0.4) is 0 Å². The maximum atomic E-state index is 12.6. The number of fused-ring (bicyclic) bond motifs is 1. The van der Waals surface area contributed by atoms with Crippen molar-refractivity contribution < 1.29 is 9.21 Å². The maximum Gasteiger partial charge on any atom is 0.251 e. The molecule has 2 heterocycles. The summed E-state index contributed by atoms with van der Waals surface area (Å²) in [5, 5.41) is 4.11. The first-order valence-corrected chi connectivity index (χ1v) is 9.57. The van der Waals surface area contributed by atoms with Gasteiger partial charge in [0.15, 0.2) is 0 Å². The summed E-state index contributed by atoms with van der Waals surface area (Å²) < 4.78 is 7.62. The largest absolute Gasteiger partial charge is 0.469 e. The molecule has 142 valence electrons. The molecular formula is C24H24N2O2. The Balaban J connectivity index is 1.55. The van der Waals surface area contributed by atoms with E-state index >= 15 is 0 Å². The van der Waals surface area contributed by atoms with Crippen LogP contribution >= 0.6 is 0 Å². The molecule has 4 aromatic rings. The van der Waals surface area contributed by atoms with E-state index in [0.29, 0.717) is 18.5 Å². The van der Waals surface area contributed by atoms with E-state index in [2.05, 4.69) is 54.1 Å². The number of rotatable bonds is 6. The van der Waals surface area contributed by atoms with Crippen LogP contribution in [0.25, 0.3) is 10.9 Å². The molecule has 0 atom stereocenters. The first kappa shape index (κ1) is 18.1. The molecule has 4 heteroatoms. The van der Waals surface area contributed by atoms with Crippen LogP contribution in [-0.4, -0.2) is 17.0 Å². The lowest BCUT2D eigenvalue weighted by atomic mass is 10.1. The van der Waals surface area contributed by atoms with Crippen molar-refractivity contribution >= 4 is 16.8 Å². The molecular weight excluding hydrogens is 348 g/mol. The molecule has 0 aliphatic heterocycles. The van der Waals surface area contributed by atoms with Gasteiger partial charge in [-0.25, -0.2) is 0 Å². The maximum absolute atomic E-state index is 12.6. The van der Waals surface area contributed by atoms with Crippen molar-refractivity contribution in [1.29, 1.82) is 0 Å². The SMILES string of the molecule is Cc1c(C)n(Cc2ccccc2)c2ccc(C(=O)NCCc3ccco3)cc12. The summed E-state index contributed by atoms with van der Waals surface area (Å²) in [5.74, 6) is 0.821. The Bertz CT molecular complexity index is 1090. The van der Waals surface area contributed by atoms with E-state index in [9.17, 15) is 4.79 Å². The third-order valence-corrected chi connectivity index (χ3v) is 5.32. The number of nitrogens with zero attached hydrogens (tertiary/aromatic N) is 1. The third-order valence-electron chi connectivity index (χ3n) is 5.32. The van der Waals surface area contributed by atoms with Crippen LogP contribution < -0.4 is 5.32 Å². The summed E-state index contributed by atoms with van der Waals surface area (Å²) in [4.78, 5) is 12.6. The van der Waals surface area contributed by atoms with Gasteiger partial charge in [-0.2, -0.15) is 0 Å². The van der Waals surface area contributed by atoms with Crippen molar-refractivity contribution in [1.82, 2.24) is 9.88 Å². The minimum atomic E-state index is -0.0543. The van der Waals surface area contributed by atoms with Gasteiger partial charge in [-0.05, 0) is 55.3 Å². The van der Waals surface area contributed by atoms with Crippen molar-refractivity contribution in [2.45, 2.75) is 26.8 Å². The van der Waals surface area contributed by atoms with E-state index in [0.717, 1.165) is 23.2 Å². The quantitative estimate of drug-likeness (QED) is 0.525. The number of hydrogen-bond acceptors (Lipinski definition) is 2. The topological polar surface area (TPSA) is 47.2 Å². The zero-order valence-electron chi connectivity index (χ0n) is 16.2. The van der Waals surface area contributed by atoms with E-state index in [4.69, 9.17) is 4.42 Å². The predicted octanol–water partition coefficient (Wildman–Crippen LogP) is 4.87. The highest BCUT2D eigenvalue weighted by Crippen LogP contribution is 2.27. The standard InChI is InChI=1S/C24H24N2O2/c1-17-18(2)26(16-19-7-4-3-5-8-19)23-11-10-20(15-22(17)23)24(27)25-13-12-21-9-6-14-28-21/h3-11,14-15H,12-13,16H2,1-2H3,(H,25,27). The highest BCUT2D eigenvalue weighted by molar-refractivity contribution is 5.99. The molecule has 0 aliphatic rings. The van der Waals surface area contributed by atoms with Gasteiger partial charge in [-0.1, -0.05) is 30.3 Å². The lowest BCUT2D eigenvalue weighted by molar-refractivity contribution is 0.0954. The van der Waals surface area contributed by atoms with E-state index in [1.54, 1.807) is 6.26 Å². The number of furan rings is 1. The van der Waals surface area contributed by atoms with Gasteiger partial charge in [0.25, 0.3) is 5.91 Å². The number of amides is 1. The molecule has 0 fully saturated rings. The van der Waals surface area contributed by atoms with Crippen molar-refractivity contribution in [3.63, 3.8) is 0 Å². The van der Waals surface area contributed by atoms with Crippen LogP contribution in [-0.2, 0) is 13.0 Å². The van der Waals surface area contributed by atoms with Crippen molar-refractivity contribution in [3.8, 4) is 0 Å². The Morgan fingerprint density at radius 2 is 1.86 bits per heavy atom. The smallest absolute Gasteiger partial charge is 0.251 e. The third kappa shape index (κ3) is 3.58. The van der Waals surface area contributed by atoms with Gasteiger partial charge in [0, 0.05) is 41.7 Å². The van der Waals surface area contributed by atoms with Crippen molar-refractivity contribution in [2.75, 3.05) is 6.54 Å². The molecule has 1 amide bonds. The number of carbonyl (C=O) groups is 1. The molecule has 28 heavy (non-hydrogen) atoms. The van der Waals surface area contributed by atoms with E-state index in [1.165, 1.54) is 16.8 Å². The fraction of sp³-hybridized carbons (Fsp3) is 0.208. The number of nitrogens with one attached hydrogen (secondary N) is 1. The number of aryl methyl sites for hydroxylation is 1. The van der Waals surface area contributed by atoms with Gasteiger partial charge >= 0.3 is 0 Å². The van der Waals surface area contributed by atoms with Crippen molar-refractivity contribution in [3.05, 3.63) is 95.1 Å². The molecule has 1 N–H and O–H groups in total. The Kier molecular flexibility index (Phi) is 5.02. The van der Waals surface area contributed by atoms with Gasteiger partial charge in [-0.15, -0.1) is 0 Å². The normalized spacial score (nSPS) is 11.1. The first-order valence-electron chi connectivity index (χ1n) is 9.57. The minimum absolute atomic E-state index is 0.0543. The average molecular weight is 372 g/mol. The molecule has 0 spiro atoms. The molecule has 0 saturated carbocycles. The Hall–Kier alpha value is -3.27. The monoisotopic (exact) mass is 372 g/mol. The van der Waals surface area contributed by atoms with Crippen LogP contribution in [0.2, 0.25) is 0 Å². The number of aromatic nitrogens is 1. The summed E-state index contributed by atoms with van der Waals surface area (Å²) in [6.07, 6.45) is 2.34. The van der Waals surface area contributed by atoms with E-state index < -0.39 is 0 Å². The molecule has 0 aliphatic carbocycles. The fourth-order valence-corrected chi connectivity index (χ4v) is 3.62. The lowest BCUT2D eigenvalue weighted by Gasteiger charge is -2.09. The van der Waals surface area contributed by atoms with Gasteiger partial charge in [-0.3, -0.25) is 4.79 Å². The number of hydrogen-bond donors (Lipinski definition) is 1. The van der Waals surface area contributed by atoms with Crippen molar-refractivity contribution in [2.24, 2.45) is 0 Å². The highest BCUT2D eigenvalue weighted by atomic mass is 16.3. The van der Waals surface area contributed by atoms with Gasteiger partial charge in [0.1, 0.15) is 5.76 Å².